The molecule has 0 aliphatic rings. The maximum Gasteiger partial charge on any atom is 0.119 e. The lowest BCUT2D eigenvalue weighted by molar-refractivity contribution is 0.313. The minimum absolute atomic E-state index is 0.652. The van der Waals surface area contributed by atoms with Gasteiger partial charge in [0.25, 0.3) is 0 Å². The summed E-state index contributed by atoms with van der Waals surface area (Å²) >= 11 is 0. The molecule has 0 unspecified atom stereocenters. The molecule has 25 heavy (non-hydrogen) atoms. The molecule has 0 saturated carbocycles. The van der Waals surface area contributed by atoms with Crippen molar-refractivity contribution in [1.29, 1.82) is 0 Å². The van der Waals surface area contributed by atoms with E-state index in [1.807, 2.05) is 42.7 Å². The Hall–Kier alpha value is -2.65. The second kappa shape index (κ2) is 9.00. The number of aromatic nitrogens is 1. The van der Waals surface area contributed by atoms with E-state index in [2.05, 4.69) is 47.6 Å². The summed E-state index contributed by atoms with van der Waals surface area (Å²) in [5.41, 5.74) is 4.81. The number of nitrogens with zero attached hydrogens (tertiary/aromatic N) is 1. The molecule has 128 valence electrons. The summed E-state index contributed by atoms with van der Waals surface area (Å²) < 4.78 is 5.80. The number of hydrogen-bond acceptors (Lipinski definition) is 3. The first-order valence-corrected chi connectivity index (χ1v) is 8.77. The standard InChI is InChI=1S/C22H24N2O/c1-2-18-7-6-10-22(14-18)25-12-11-23-15-19-13-21(17-24-16-19)20-8-4-3-5-9-20/h3-10,13-14,16-17,23H,2,11-12,15H2,1H3. The fraction of sp³-hybridized carbons (Fsp3) is 0.227. The Morgan fingerprint density at radius 3 is 2.60 bits per heavy atom. The maximum atomic E-state index is 5.80. The SMILES string of the molecule is CCc1cccc(OCCNCc2cncc(-c3ccccc3)c2)c1. The van der Waals surface area contributed by atoms with Crippen LogP contribution in [-0.4, -0.2) is 18.1 Å². The fourth-order valence-electron chi connectivity index (χ4n) is 2.70. The second-order valence-electron chi connectivity index (χ2n) is 5.97. The predicted molar refractivity (Wildman–Crippen MR) is 103 cm³/mol. The van der Waals surface area contributed by atoms with E-state index in [9.17, 15) is 0 Å². The fourth-order valence-corrected chi connectivity index (χ4v) is 2.70. The van der Waals surface area contributed by atoms with Crippen molar-refractivity contribution in [1.82, 2.24) is 10.3 Å². The second-order valence-corrected chi connectivity index (χ2v) is 5.97. The van der Waals surface area contributed by atoms with Gasteiger partial charge in [-0.3, -0.25) is 4.98 Å². The quantitative estimate of drug-likeness (QED) is 0.618. The molecule has 0 aliphatic carbocycles. The van der Waals surface area contributed by atoms with Crippen molar-refractivity contribution >= 4 is 0 Å². The zero-order valence-corrected chi connectivity index (χ0v) is 14.6. The maximum absolute atomic E-state index is 5.80. The number of rotatable bonds is 8. The summed E-state index contributed by atoms with van der Waals surface area (Å²) in [6, 6.07) is 20.8. The van der Waals surface area contributed by atoms with Crippen molar-refractivity contribution < 1.29 is 4.74 Å². The van der Waals surface area contributed by atoms with Crippen molar-refractivity contribution in [2.24, 2.45) is 0 Å². The summed E-state index contributed by atoms with van der Waals surface area (Å²) in [5, 5.41) is 3.41. The van der Waals surface area contributed by atoms with Gasteiger partial charge in [-0.05, 0) is 41.3 Å². The van der Waals surface area contributed by atoms with Gasteiger partial charge in [-0.25, -0.2) is 0 Å². The van der Waals surface area contributed by atoms with Gasteiger partial charge in [0.15, 0.2) is 0 Å². The van der Waals surface area contributed by atoms with E-state index in [-0.39, 0.29) is 0 Å². The van der Waals surface area contributed by atoms with Gasteiger partial charge in [-0.15, -0.1) is 0 Å². The van der Waals surface area contributed by atoms with Crippen LogP contribution in [-0.2, 0) is 13.0 Å². The Kier molecular flexibility index (Phi) is 6.18. The molecule has 1 heterocycles. The molecule has 1 N–H and O–H groups in total. The van der Waals surface area contributed by atoms with E-state index < -0.39 is 0 Å². The highest BCUT2D eigenvalue weighted by Gasteiger charge is 2.00. The summed E-state index contributed by atoms with van der Waals surface area (Å²) in [7, 11) is 0. The van der Waals surface area contributed by atoms with E-state index in [1.165, 1.54) is 16.7 Å². The molecule has 3 rings (SSSR count). The van der Waals surface area contributed by atoms with Crippen LogP contribution in [0, 0.1) is 0 Å². The smallest absolute Gasteiger partial charge is 0.119 e. The van der Waals surface area contributed by atoms with Crippen LogP contribution in [0.15, 0.2) is 73.1 Å². The van der Waals surface area contributed by atoms with Crippen LogP contribution in [0.3, 0.4) is 0 Å². The van der Waals surface area contributed by atoms with Crippen LogP contribution in [0.25, 0.3) is 11.1 Å². The van der Waals surface area contributed by atoms with E-state index >= 15 is 0 Å². The predicted octanol–water partition coefficient (Wildman–Crippen LogP) is 4.48. The van der Waals surface area contributed by atoms with Crippen LogP contribution in [0.2, 0.25) is 0 Å². The lowest BCUT2D eigenvalue weighted by atomic mass is 10.1. The molecule has 1 aromatic heterocycles. The molecule has 0 aliphatic heterocycles. The van der Waals surface area contributed by atoms with Gasteiger partial charge in [0.1, 0.15) is 12.4 Å². The van der Waals surface area contributed by atoms with Gasteiger partial charge < -0.3 is 10.1 Å². The van der Waals surface area contributed by atoms with E-state index in [1.54, 1.807) is 0 Å². The van der Waals surface area contributed by atoms with E-state index in [0.29, 0.717) is 6.61 Å². The molecule has 3 heteroatoms. The number of hydrogen-bond donors (Lipinski definition) is 1. The molecule has 0 radical (unpaired) electrons. The van der Waals surface area contributed by atoms with Crippen LogP contribution >= 0.6 is 0 Å². The summed E-state index contributed by atoms with van der Waals surface area (Å²) in [6.45, 7) is 4.38. The van der Waals surface area contributed by atoms with E-state index in [0.717, 1.165) is 30.8 Å². The van der Waals surface area contributed by atoms with Crippen LogP contribution < -0.4 is 10.1 Å². The largest absolute Gasteiger partial charge is 0.492 e. The Bertz CT molecular complexity index is 787. The zero-order valence-electron chi connectivity index (χ0n) is 14.6. The summed E-state index contributed by atoms with van der Waals surface area (Å²) in [6.07, 6.45) is 4.84. The summed E-state index contributed by atoms with van der Waals surface area (Å²) in [5.74, 6) is 0.939. The zero-order chi connectivity index (χ0) is 17.3. The highest BCUT2D eigenvalue weighted by molar-refractivity contribution is 5.62. The summed E-state index contributed by atoms with van der Waals surface area (Å²) in [4.78, 5) is 4.36. The Labute approximate surface area is 149 Å². The molecule has 0 atom stereocenters. The van der Waals surface area contributed by atoms with Gasteiger partial charge >= 0.3 is 0 Å². The monoisotopic (exact) mass is 332 g/mol. The van der Waals surface area contributed by atoms with Gasteiger partial charge in [0.2, 0.25) is 0 Å². The first-order valence-electron chi connectivity index (χ1n) is 8.77. The third kappa shape index (κ3) is 5.16. The normalized spacial score (nSPS) is 10.6. The minimum Gasteiger partial charge on any atom is -0.492 e. The third-order valence-electron chi connectivity index (χ3n) is 4.09. The van der Waals surface area contributed by atoms with Crippen molar-refractivity contribution in [3.63, 3.8) is 0 Å². The van der Waals surface area contributed by atoms with Gasteiger partial charge in [-0.2, -0.15) is 0 Å². The van der Waals surface area contributed by atoms with E-state index in [4.69, 9.17) is 4.74 Å². The van der Waals surface area contributed by atoms with Crippen LogP contribution in [0.5, 0.6) is 5.75 Å². The number of pyridine rings is 1. The third-order valence-corrected chi connectivity index (χ3v) is 4.09. The molecule has 0 fully saturated rings. The average Bonchev–Trinajstić information content (AvgIpc) is 2.69. The first kappa shape index (κ1) is 17.2. The Morgan fingerprint density at radius 1 is 0.880 bits per heavy atom. The number of aryl methyl sites for hydroxylation is 1. The molecule has 3 aromatic rings. The molecule has 3 nitrogen and oxygen atoms in total. The topological polar surface area (TPSA) is 34.1 Å². The van der Waals surface area contributed by atoms with Gasteiger partial charge in [0.05, 0.1) is 0 Å². The van der Waals surface area contributed by atoms with Crippen LogP contribution in [0.4, 0.5) is 0 Å². The number of benzene rings is 2. The average molecular weight is 332 g/mol. The lowest BCUT2D eigenvalue weighted by Gasteiger charge is -2.09. The molecule has 0 bridgehead atoms. The number of nitrogens with one attached hydrogen (secondary N) is 1. The lowest BCUT2D eigenvalue weighted by Crippen LogP contribution is -2.20. The first-order chi connectivity index (χ1) is 12.3. The molecular formula is C22H24N2O. The molecule has 0 spiro atoms. The van der Waals surface area contributed by atoms with Crippen LogP contribution in [0.1, 0.15) is 18.1 Å². The van der Waals surface area contributed by atoms with Gasteiger partial charge in [-0.1, -0.05) is 49.4 Å². The molecule has 2 aromatic carbocycles. The molecule has 0 saturated heterocycles. The Morgan fingerprint density at radius 2 is 1.76 bits per heavy atom. The van der Waals surface area contributed by atoms with Crippen molar-refractivity contribution in [2.75, 3.05) is 13.2 Å². The highest BCUT2D eigenvalue weighted by Crippen LogP contribution is 2.18. The van der Waals surface area contributed by atoms with Crippen molar-refractivity contribution in [2.45, 2.75) is 19.9 Å². The highest BCUT2D eigenvalue weighted by atomic mass is 16.5. The molecular weight excluding hydrogens is 308 g/mol. The van der Waals surface area contributed by atoms with Crippen molar-refractivity contribution in [3.8, 4) is 16.9 Å². The minimum atomic E-state index is 0.652. The van der Waals surface area contributed by atoms with Crippen molar-refractivity contribution in [3.05, 3.63) is 84.2 Å². The Balaban J connectivity index is 1.46. The molecule has 0 amide bonds. The van der Waals surface area contributed by atoms with Gasteiger partial charge in [0, 0.05) is 31.0 Å². The number of ether oxygens (including phenoxy) is 1.